The van der Waals surface area contributed by atoms with E-state index in [-0.39, 0.29) is 5.91 Å². The van der Waals surface area contributed by atoms with Crippen LogP contribution in [0.1, 0.15) is 42.4 Å². The van der Waals surface area contributed by atoms with Crippen LogP contribution in [0, 0.1) is 5.92 Å². The van der Waals surface area contributed by atoms with E-state index in [0.717, 1.165) is 32.6 Å². The summed E-state index contributed by atoms with van der Waals surface area (Å²) in [5, 5.41) is 0. The van der Waals surface area contributed by atoms with Crippen LogP contribution in [0.5, 0.6) is 0 Å². The van der Waals surface area contributed by atoms with Crippen molar-refractivity contribution in [1.29, 1.82) is 0 Å². The van der Waals surface area contributed by atoms with Crippen LogP contribution in [0.4, 0.5) is 0 Å². The maximum Gasteiger partial charge on any atom is 0.222 e. The maximum atomic E-state index is 12.5. The van der Waals surface area contributed by atoms with Crippen LogP contribution in [-0.2, 0) is 24.4 Å². The molecule has 0 unspecified atom stereocenters. The number of hydrogen-bond donors (Lipinski definition) is 0. The van der Waals surface area contributed by atoms with Gasteiger partial charge >= 0.3 is 0 Å². The molecule has 1 amide bonds. The third-order valence-corrected chi connectivity index (χ3v) is 5.49. The van der Waals surface area contributed by atoms with Crippen molar-refractivity contribution < 1.29 is 4.79 Å². The standard InChI is InChI=1S/C20H31N3O/c1-21-10-4-5-16(12-21)7-9-20(24)23(3)13-17-6-8-18-14-22(2)15-19(18)11-17/h6,8,11,16H,4-5,7,9-10,12-15H2,1-3H3/t16-/m1/s1. The Morgan fingerprint density at radius 1 is 1.21 bits per heavy atom. The molecule has 2 aliphatic rings. The van der Waals surface area contributed by atoms with Crippen molar-refractivity contribution in [2.75, 3.05) is 34.2 Å². The molecule has 2 heterocycles. The van der Waals surface area contributed by atoms with Crippen molar-refractivity contribution in [2.45, 2.75) is 45.3 Å². The maximum absolute atomic E-state index is 12.5. The van der Waals surface area contributed by atoms with E-state index in [4.69, 9.17) is 0 Å². The van der Waals surface area contributed by atoms with E-state index in [1.165, 1.54) is 36.1 Å². The van der Waals surface area contributed by atoms with E-state index in [0.29, 0.717) is 12.3 Å². The summed E-state index contributed by atoms with van der Waals surface area (Å²) in [6, 6.07) is 6.68. The zero-order valence-corrected chi connectivity index (χ0v) is 15.4. The molecule has 4 nitrogen and oxygen atoms in total. The van der Waals surface area contributed by atoms with Gasteiger partial charge in [0.25, 0.3) is 0 Å². The first-order valence-corrected chi connectivity index (χ1v) is 9.23. The van der Waals surface area contributed by atoms with Gasteiger partial charge in [-0.05, 0) is 62.5 Å². The highest BCUT2D eigenvalue weighted by molar-refractivity contribution is 5.75. The van der Waals surface area contributed by atoms with Crippen LogP contribution >= 0.6 is 0 Å². The Morgan fingerprint density at radius 3 is 2.79 bits per heavy atom. The van der Waals surface area contributed by atoms with Gasteiger partial charge < -0.3 is 9.80 Å². The summed E-state index contributed by atoms with van der Waals surface area (Å²) in [6.45, 7) is 5.14. The van der Waals surface area contributed by atoms with Crippen LogP contribution in [0.2, 0.25) is 0 Å². The number of benzene rings is 1. The molecule has 1 saturated heterocycles. The lowest BCUT2D eigenvalue weighted by atomic mass is 9.93. The Kier molecular flexibility index (Phi) is 5.57. The summed E-state index contributed by atoms with van der Waals surface area (Å²) >= 11 is 0. The number of carbonyl (C=O) groups is 1. The number of hydrogen-bond acceptors (Lipinski definition) is 3. The number of piperidine rings is 1. The minimum atomic E-state index is 0.279. The minimum Gasteiger partial charge on any atom is -0.341 e. The Balaban J connectivity index is 1.48. The summed E-state index contributed by atoms with van der Waals surface area (Å²) in [6.07, 6.45) is 4.26. The average Bonchev–Trinajstić information content (AvgIpc) is 2.92. The molecule has 1 aromatic rings. The number of likely N-dealkylation sites (tertiary alicyclic amines) is 1. The second-order valence-corrected chi connectivity index (χ2v) is 7.83. The number of carbonyl (C=O) groups excluding carboxylic acids is 1. The summed E-state index contributed by atoms with van der Waals surface area (Å²) in [5.41, 5.74) is 4.09. The normalized spacial score (nSPS) is 21.7. The first kappa shape index (κ1) is 17.4. The smallest absolute Gasteiger partial charge is 0.222 e. The number of amides is 1. The van der Waals surface area contributed by atoms with Gasteiger partial charge in [-0.1, -0.05) is 18.2 Å². The third-order valence-electron chi connectivity index (χ3n) is 5.49. The SMILES string of the molecule is CN1Cc2ccc(CN(C)C(=O)CC[C@H]3CCCN(C)C3)cc2C1. The predicted molar refractivity (Wildman–Crippen MR) is 97.5 cm³/mol. The van der Waals surface area contributed by atoms with E-state index < -0.39 is 0 Å². The fraction of sp³-hybridized carbons (Fsp3) is 0.650. The number of rotatable bonds is 5. The second-order valence-electron chi connectivity index (χ2n) is 7.83. The van der Waals surface area contributed by atoms with Gasteiger partial charge in [-0.25, -0.2) is 0 Å². The molecular weight excluding hydrogens is 298 g/mol. The lowest BCUT2D eigenvalue weighted by Gasteiger charge is -2.30. The van der Waals surface area contributed by atoms with Crippen LogP contribution in [0.15, 0.2) is 18.2 Å². The monoisotopic (exact) mass is 329 g/mol. The van der Waals surface area contributed by atoms with E-state index in [9.17, 15) is 4.79 Å². The van der Waals surface area contributed by atoms with Gasteiger partial charge in [0, 0.05) is 39.6 Å². The van der Waals surface area contributed by atoms with Crippen molar-refractivity contribution in [3.63, 3.8) is 0 Å². The van der Waals surface area contributed by atoms with Gasteiger partial charge in [0.1, 0.15) is 0 Å². The largest absolute Gasteiger partial charge is 0.341 e. The van der Waals surface area contributed by atoms with Crippen molar-refractivity contribution in [3.8, 4) is 0 Å². The second kappa shape index (κ2) is 7.66. The molecule has 0 saturated carbocycles. The molecule has 1 atom stereocenters. The van der Waals surface area contributed by atoms with Crippen molar-refractivity contribution in [2.24, 2.45) is 5.92 Å². The lowest BCUT2D eigenvalue weighted by Crippen LogP contribution is -2.33. The van der Waals surface area contributed by atoms with Gasteiger partial charge in [0.2, 0.25) is 5.91 Å². The summed E-state index contributed by atoms with van der Waals surface area (Å²) in [7, 11) is 6.28. The van der Waals surface area contributed by atoms with Gasteiger partial charge in [0.05, 0.1) is 0 Å². The Hall–Kier alpha value is -1.39. The lowest BCUT2D eigenvalue weighted by molar-refractivity contribution is -0.130. The molecule has 132 valence electrons. The highest BCUT2D eigenvalue weighted by Crippen LogP contribution is 2.23. The summed E-state index contributed by atoms with van der Waals surface area (Å²) in [5.74, 6) is 0.970. The number of fused-ring (bicyclic) bond motifs is 1. The molecule has 1 fully saturated rings. The van der Waals surface area contributed by atoms with Crippen LogP contribution in [0.25, 0.3) is 0 Å². The molecule has 1 aromatic carbocycles. The molecule has 0 radical (unpaired) electrons. The van der Waals surface area contributed by atoms with Crippen LogP contribution in [0.3, 0.4) is 0 Å². The topological polar surface area (TPSA) is 26.8 Å². The highest BCUT2D eigenvalue weighted by atomic mass is 16.2. The molecule has 0 aliphatic carbocycles. The van der Waals surface area contributed by atoms with Gasteiger partial charge in [-0.3, -0.25) is 9.69 Å². The van der Waals surface area contributed by atoms with E-state index in [1.54, 1.807) is 0 Å². The summed E-state index contributed by atoms with van der Waals surface area (Å²) in [4.78, 5) is 19.1. The molecule has 24 heavy (non-hydrogen) atoms. The fourth-order valence-corrected chi connectivity index (χ4v) is 4.11. The molecule has 0 bridgehead atoms. The molecule has 2 aliphatic heterocycles. The molecule has 3 rings (SSSR count). The zero-order valence-electron chi connectivity index (χ0n) is 15.4. The summed E-state index contributed by atoms with van der Waals surface area (Å²) < 4.78 is 0. The fourth-order valence-electron chi connectivity index (χ4n) is 4.11. The Bertz CT molecular complexity index is 586. The number of nitrogens with zero attached hydrogens (tertiary/aromatic N) is 3. The average molecular weight is 329 g/mol. The van der Waals surface area contributed by atoms with Crippen molar-refractivity contribution in [3.05, 3.63) is 34.9 Å². The first-order valence-electron chi connectivity index (χ1n) is 9.23. The van der Waals surface area contributed by atoms with Gasteiger partial charge in [-0.15, -0.1) is 0 Å². The zero-order chi connectivity index (χ0) is 17.1. The molecule has 0 aromatic heterocycles. The molecular formula is C20H31N3O. The Morgan fingerprint density at radius 2 is 2.00 bits per heavy atom. The predicted octanol–water partition coefficient (Wildman–Crippen LogP) is 2.71. The van der Waals surface area contributed by atoms with Crippen LogP contribution in [-0.4, -0.2) is 54.8 Å². The van der Waals surface area contributed by atoms with Gasteiger partial charge in [-0.2, -0.15) is 0 Å². The molecule has 4 heteroatoms. The van der Waals surface area contributed by atoms with E-state index in [1.807, 2.05) is 11.9 Å². The molecule has 0 spiro atoms. The van der Waals surface area contributed by atoms with E-state index in [2.05, 4.69) is 42.1 Å². The first-order chi connectivity index (χ1) is 11.5. The van der Waals surface area contributed by atoms with E-state index >= 15 is 0 Å². The highest BCUT2D eigenvalue weighted by Gasteiger charge is 2.20. The van der Waals surface area contributed by atoms with Gasteiger partial charge in [0.15, 0.2) is 0 Å². The quantitative estimate of drug-likeness (QED) is 0.831. The third kappa shape index (κ3) is 4.37. The minimum absolute atomic E-state index is 0.279. The van der Waals surface area contributed by atoms with Crippen molar-refractivity contribution in [1.82, 2.24) is 14.7 Å². The molecule has 0 N–H and O–H groups in total. The van der Waals surface area contributed by atoms with Crippen LogP contribution < -0.4 is 0 Å². The Labute approximate surface area is 146 Å². The van der Waals surface area contributed by atoms with Crippen molar-refractivity contribution >= 4 is 5.91 Å².